The molecule has 3 fully saturated rings. The van der Waals surface area contributed by atoms with E-state index in [0.717, 1.165) is 56.1 Å². The van der Waals surface area contributed by atoms with Gasteiger partial charge in [0.25, 0.3) is 11.7 Å². The largest absolute Gasteiger partial charge is 0.460 e. The summed E-state index contributed by atoms with van der Waals surface area (Å²) in [6, 6.07) is -0.995. The second-order valence-corrected chi connectivity index (χ2v) is 17.5. The zero-order valence-electron chi connectivity index (χ0n) is 37.4. The first-order valence-electron chi connectivity index (χ1n) is 22.3. The fourth-order valence-electron chi connectivity index (χ4n) is 8.28. The Balaban J connectivity index is 1.60. The number of ketones is 3. The highest BCUT2D eigenvalue weighted by molar-refractivity contribution is 6.39. The van der Waals surface area contributed by atoms with Gasteiger partial charge in [-0.05, 0) is 109 Å². The molecule has 1 unspecified atom stereocenters. The molecule has 0 aromatic heterocycles. The van der Waals surface area contributed by atoms with E-state index in [2.05, 4.69) is 6.08 Å². The monoisotopic (exact) mass is 826 g/mol. The average molecular weight is 826 g/mol. The van der Waals surface area contributed by atoms with Crippen LogP contribution in [-0.2, 0) is 42.9 Å². The zero-order chi connectivity index (χ0) is 43.5. The molecule has 1 amide bonds. The van der Waals surface area contributed by atoms with E-state index >= 15 is 0 Å². The van der Waals surface area contributed by atoms with Gasteiger partial charge in [0.05, 0.1) is 18.8 Å². The number of piperidine rings is 1. The minimum atomic E-state index is -2.22. The summed E-state index contributed by atoms with van der Waals surface area (Å²) >= 11 is 0. The predicted molar refractivity (Wildman–Crippen MR) is 229 cm³/mol. The fraction of sp³-hybridized carbons (Fsp3) is 0.729. The molecule has 0 radical (unpaired) electrons. The second kappa shape index (κ2) is 25.5. The quantitative estimate of drug-likeness (QED) is 0.0462. The molecule has 0 aromatic rings. The number of hydrogen-bond donors (Lipinski definition) is 1. The molecule has 0 aromatic carbocycles. The van der Waals surface area contributed by atoms with Gasteiger partial charge in [0.1, 0.15) is 23.7 Å². The van der Waals surface area contributed by atoms with Crippen molar-refractivity contribution in [2.45, 2.75) is 174 Å². The van der Waals surface area contributed by atoms with Crippen LogP contribution in [0.15, 0.2) is 47.6 Å². The highest BCUT2D eigenvalue weighted by Crippen LogP contribution is 2.33. The lowest BCUT2D eigenvalue weighted by Gasteiger charge is -2.39. The normalized spacial score (nSPS) is 26.7. The third-order valence-electron chi connectivity index (χ3n) is 13.0. The summed E-state index contributed by atoms with van der Waals surface area (Å²) in [4.78, 5) is 68.7. The maximum atomic E-state index is 13.9. The highest BCUT2D eigenvalue weighted by Gasteiger charge is 2.51. The molecular formula is C48H75NO10. The molecule has 3 aliphatic rings. The molecule has 1 N–H and O–H groups in total. The summed E-state index contributed by atoms with van der Waals surface area (Å²) in [6.45, 7) is 12.0. The van der Waals surface area contributed by atoms with E-state index in [1.807, 2.05) is 65.0 Å². The molecule has 332 valence electrons. The number of allylic oxidation sites excluding steroid dienone is 7. The van der Waals surface area contributed by atoms with Crippen LogP contribution in [0.1, 0.15) is 144 Å². The Hall–Kier alpha value is -3.25. The molecule has 0 bridgehead atoms. The lowest BCUT2D eigenvalue weighted by Crippen LogP contribution is -2.59. The Morgan fingerprint density at radius 2 is 1.64 bits per heavy atom. The summed E-state index contributed by atoms with van der Waals surface area (Å²) in [5.41, 5.74) is 2.11. The van der Waals surface area contributed by atoms with Gasteiger partial charge in [-0.1, -0.05) is 75.6 Å². The number of nitrogens with zero attached hydrogens (tertiary/aromatic N) is 1. The first kappa shape index (κ1) is 50.1. The van der Waals surface area contributed by atoms with E-state index in [1.165, 1.54) is 4.90 Å². The van der Waals surface area contributed by atoms with Crippen molar-refractivity contribution in [1.29, 1.82) is 0 Å². The van der Waals surface area contributed by atoms with Crippen LogP contribution in [0, 0.1) is 23.7 Å². The number of hydrogen-bond acceptors (Lipinski definition) is 10. The maximum absolute atomic E-state index is 13.9. The van der Waals surface area contributed by atoms with Crippen molar-refractivity contribution in [3.05, 3.63) is 47.6 Å². The van der Waals surface area contributed by atoms with E-state index in [0.29, 0.717) is 50.9 Å². The summed E-state index contributed by atoms with van der Waals surface area (Å²) in [7, 11) is 3.42. The number of Topliss-reactive ketones (excluding diaryl/α,β-unsaturated/α-hetero) is 3. The first-order valence-corrected chi connectivity index (χ1v) is 22.3. The smallest absolute Gasteiger partial charge is 0.329 e. The van der Waals surface area contributed by atoms with Gasteiger partial charge in [0.15, 0.2) is 0 Å². The summed E-state index contributed by atoms with van der Waals surface area (Å²) in [5.74, 6) is -5.01. The van der Waals surface area contributed by atoms with Gasteiger partial charge in [-0.3, -0.25) is 19.2 Å². The van der Waals surface area contributed by atoms with Crippen molar-refractivity contribution in [1.82, 2.24) is 4.90 Å². The van der Waals surface area contributed by atoms with Gasteiger partial charge in [0, 0.05) is 51.9 Å². The van der Waals surface area contributed by atoms with Crippen molar-refractivity contribution < 1.29 is 48.0 Å². The van der Waals surface area contributed by atoms with Crippen LogP contribution in [0.25, 0.3) is 0 Å². The van der Waals surface area contributed by atoms with Gasteiger partial charge in [-0.2, -0.15) is 0 Å². The number of rotatable bonds is 23. The molecule has 9 atom stereocenters. The standard InChI is InChI=1S/C48H75NO10/c1-33(36(4)30-44(51)35(3)19-13-11-9-10-12-18-34(2)38(6)56-7)24-26-40(50)32-42(27-25-39-21-16-22-41(31-39)57-8)59-47(54)43-23-14-15-28-49(43)46(53)45(52)48(55)37(5)20-17-29-58-48/h9-12,18,24,35-39,41-43,55H,13-17,19-23,25-32H2,1-8H3/t35-,36+,37-,38+,39+,41+,42?,43+,48-/m1/s1. The van der Waals surface area contributed by atoms with Crippen LogP contribution in [-0.4, -0.2) is 96.7 Å². The van der Waals surface area contributed by atoms with E-state index in [9.17, 15) is 29.1 Å². The maximum Gasteiger partial charge on any atom is 0.329 e. The molecule has 1 aliphatic carbocycles. The number of likely N-dealkylation sites (tertiary alicyclic amines) is 1. The van der Waals surface area contributed by atoms with Crippen LogP contribution in [0.5, 0.6) is 0 Å². The number of aliphatic hydroxyl groups is 1. The second-order valence-electron chi connectivity index (χ2n) is 17.5. The fourth-order valence-corrected chi connectivity index (χ4v) is 8.28. The Bertz CT molecular complexity index is 1510. The third kappa shape index (κ3) is 15.9. The lowest BCUT2D eigenvalue weighted by atomic mass is 9.83. The number of amides is 1. The topological polar surface area (TPSA) is 146 Å². The van der Waals surface area contributed by atoms with Crippen LogP contribution in [0.2, 0.25) is 0 Å². The van der Waals surface area contributed by atoms with E-state index < -0.39 is 41.5 Å². The molecule has 11 nitrogen and oxygen atoms in total. The summed E-state index contributed by atoms with van der Waals surface area (Å²) < 4.78 is 22.5. The van der Waals surface area contributed by atoms with E-state index in [4.69, 9.17) is 18.9 Å². The Labute approximate surface area is 354 Å². The molecule has 2 saturated heterocycles. The Morgan fingerprint density at radius 3 is 2.36 bits per heavy atom. The number of ether oxygens (including phenoxy) is 4. The zero-order valence-corrected chi connectivity index (χ0v) is 37.4. The van der Waals surface area contributed by atoms with Crippen molar-refractivity contribution >= 4 is 29.2 Å². The van der Waals surface area contributed by atoms with Crippen molar-refractivity contribution in [3.63, 3.8) is 0 Å². The number of carbonyl (C=O) groups is 5. The van der Waals surface area contributed by atoms with Crippen molar-refractivity contribution in [2.75, 3.05) is 27.4 Å². The molecule has 11 heteroatoms. The average Bonchev–Trinajstić information content (AvgIpc) is 3.24. The summed E-state index contributed by atoms with van der Waals surface area (Å²) in [6.07, 6.45) is 21.8. The van der Waals surface area contributed by atoms with Gasteiger partial charge in [0.2, 0.25) is 5.79 Å². The van der Waals surface area contributed by atoms with E-state index in [1.54, 1.807) is 21.1 Å². The Morgan fingerprint density at radius 1 is 0.881 bits per heavy atom. The minimum absolute atomic E-state index is 0.0213. The van der Waals surface area contributed by atoms with Gasteiger partial charge < -0.3 is 29.0 Å². The molecule has 1 saturated carbocycles. The molecule has 59 heavy (non-hydrogen) atoms. The Kier molecular flexibility index (Phi) is 21.7. The van der Waals surface area contributed by atoms with Gasteiger partial charge >= 0.3 is 5.97 Å². The van der Waals surface area contributed by atoms with Gasteiger partial charge in [-0.25, -0.2) is 4.79 Å². The van der Waals surface area contributed by atoms with Crippen molar-refractivity contribution in [2.24, 2.45) is 23.7 Å². The molecule has 3 rings (SSSR count). The number of esters is 1. The van der Waals surface area contributed by atoms with Gasteiger partial charge in [-0.15, -0.1) is 0 Å². The lowest BCUT2D eigenvalue weighted by molar-refractivity contribution is -0.240. The third-order valence-corrected chi connectivity index (χ3v) is 13.0. The van der Waals surface area contributed by atoms with Crippen LogP contribution in [0.3, 0.4) is 0 Å². The molecule has 0 spiro atoms. The molecular weight excluding hydrogens is 751 g/mol. The minimum Gasteiger partial charge on any atom is -0.460 e. The molecule has 2 aliphatic heterocycles. The first-order chi connectivity index (χ1) is 28.1. The van der Waals surface area contributed by atoms with E-state index in [-0.39, 0.29) is 61.6 Å². The number of methoxy groups -OCH3 is 2. The summed E-state index contributed by atoms with van der Waals surface area (Å²) in [5, 5.41) is 11.1. The van der Waals surface area contributed by atoms with Crippen LogP contribution < -0.4 is 0 Å². The molecule has 2 heterocycles. The van der Waals surface area contributed by atoms with Crippen LogP contribution >= 0.6 is 0 Å². The van der Waals surface area contributed by atoms with Crippen molar-refractivity contribution in [3.8, 4) is 0 Å². The highest BCUT2D eigenvalue weighted by atomic mass is 16.6. The van der Waals surface area contributed by atoms with Crippen LogP contribution in [0.4, 0.5) is 0 Å². The predicted octanol–water partition coefficient (Wildman–Crippen LogP) is 8.37. The SMILES string of the molecule is CO[C@H]1CCC[C@@H](CCC(CC(=O)CC=C(C)[C@@H](C)CC(=O)[C@H](C)CCC=CC=CC=C(C)[C@H](C)OC)OC(=O)[C@@H]2CCCCN2C(=O)C(=O)[C@]2(O)OCCC[C@H]2C)C1. The number of carbonyl (C=O) groups excluding carboxylic acids is 5.